The molecule has 0 bridgehead atoms. The molecular formula is C14H19N3O3. The molecule has 1 aliphatic rings. The van der Waals surface area contributed by atoms with Gasteiger partial charge in [0.15, 0.2) is 11.6 Å². The number of amides is 2. The van der Waals surface area contributed by atoms with Gasteiger partial charge in [0.1, 0.15) is 0 Å². The van der Waals surface area contributed by atoms with Gasteiger partial charge in [0, 0.05) is 12.6 Å². The fourth-order valence-corrected chi connectivity index (χ4v) is 2.40. The summed E-state index contributed by atoms with van der Waals surface area (Å²) in [7, 11) is 0. The van der Waals surface area contributed by atoms with E-state index in [1.807, 2.05) is 0 Å². The zero-order chi connectivity index (χ0) is 14.4. The number of hydrogen-bond donors (Lipinski definition) is 3. The lowest BCUT2D eigenvalue weighted by Crippen LogP contribution is -2.33. The average molecular weight is 277 g/mol. The summed E-state index contributed by atoms with van der Waals surface area (Å²) < 4.78 is 0. The number of pyridine rings is 1. The highest BCUT2D eigenvalue weighted by molar-refractivity contribution is 5.94. The number of hydrogen-bond acceptors (Lipinski definition) is 4. The van der Waals surface area contributed by atoms with E-state index >= 15 is 0 Å². The number of anilines is 1. The molecule has 0 aromatic carbocycles. The molecule has 20 heavy (non-hydrogen) atoms. The van der Waals surface area contributed by atoms with Gasteiger partial charge in [-0.05, 0) is 30.9 Å². The Morgan fingerprint density at radius 1 is 1.30 bits per heavy atom. The highest BCUT2D eigenvalue weighted by atomic mass is 16.3. The molecule has 2 amide bonds. The minimum absolute atomic E-state index is 0.0990. The van der Waals surface area contributed by atoms with E-state index < -0.39 is 5.91 Å². The number of nitrogens with zero attached hydrogens (tertiary/aromatic N) is 1. The van der Waals surface area contributed by atoms with Gasteiger partial charge < -0.3 is 15.7 Å². The van der Waals surface area contributed by atoms with Gasteiger partial charge in [-0.25, -0.2) is 4.98 Å². The van der Waals surface area contributed by atoms with Crippen molar-refractivity contribution in [2.24, 2.45) is 5.92 Å². The fourth-order valence-electron chi connectivity index (χ4n) is 2.40. The van der Waals surface area contributed by atoms with Crippen LogP contribution >= 0.6 is 0 Å². The van der Waals surface area contributed by atoms with Crippen LogP contribution in [-0.2, 0) is 9.59 Å². The lowest BCUT2D eigenvalue weighted by Gasteiger charge is -2.10. The van der Waals surface area contributed by atoms with Gasteiger partial charge in [-0.3, -0.25) is 9.59 Å². The number of nitrogens with one attached hydrogen (secondary N) is 2. The van der Waals surface area contributed by atoms with Crippen LogP contribution in [0.5, 0.6) is 5.75 Å². The van der Waals surface area contributed by atoms with Crippen molar-refractivity contribution in [2.45, 2.75) is 32.1 Å². The molecule has 1 heterocycles. The van der Waals surface area contributed by atoms with E-state index in [0.29, 0.717) is 12.3 Å². The molecule has 108 valence electrons. The van der Waals surface area contributed by atoms with Crippen LogP contribution in [0.1, 0.15) is 32.1 Å². The topological polar surface area (TPSA) is 91.3 Å². The molecule has 0 spiro atoms. The molecule has 0 aliphatic heterocycles. The number of carbonyl (C=O) groups is 2. The predicted octanol–water partition coefficient (Wildman–Crippen LogP) is 1.42. The molecule has 1 aromatic rings. The van der Waals surface area contributed by atoms with Gasteiger partial charge in [0.2, 0.25) is 11.8 Å². The van der Waals surface area contributed by atoms with Gasteiger partial charge in [0.25, 0.3) is 0 Å². The van der Waals surface area contributed by atoms with Gasteiger partial charge >= 0.3 is 0 Å². The van der Waals surface area contributed by atoms with Crippen molar-refractivity contribution < 1.29 is 14.7 Å². The lowest BCUT2D eigenvalue weighted by atomic mass is 10.0. The lowest BCUT2D eigenvalue weighted by molar-refractivity contribution is -0.124. The van der Waals surface area contributed by atoms with Crippen LogP contribution in [0.15, 0.2) is 18.3 Å². The van der Waals surface area contributed by atoms with Crippen LogP contribution in [-0.4, -0.2) is 28.4 Å². The standard InChI is InChI=1S/C14H19N3O3/c18-11-6-3-7-15-14(11)17-13(20)9-16-12(19)8-10-4-1-2-5-10/h3,6-7,10,18H,1-2,4-5,8-9H2,(H,16,19)(H,15,17,20). The smallest absolute Gasteiger partial charge is 0.245 e. The van der Waals surface area contributed by atoms with E-state index in [4.69, 9.17) is 0 Å². The first-order valence-corrected chi connectivity index (χ1v) is 6.85. The van der Waals surface area contributed by atoms with Crippen molar-refractivity contribution in [3.05, 3.63) is 18.3 Å². The number of aromatic nitrogens is 1. The maximum atomic E-state index is 11.7. The summed E-state index contributed by atoms with van der Waals surface area (Å²) in [5.41, 5.74) is 0. The Kier molecular flexibility index (Phi) is 4.92. The van der Waals surface area contributed by atoms with Crippen LogP contribution in [0.3, 0.4) is 0 Å². The molecule has 6 heteroatoms. The molecule has 1 fully saturated rings. The van der Waals surface area contributed by atoms with Crippen molar-refractivity contribution in [2.75, 3.05) is 11.9 Å². The zero-order valence-electron chi connectivity index (χ0n) is 11.3. The van der Waals surface area contributed by atoms with E-state index in [0.717, 1.165) is 12.8 Å². The van der Waals surface area contributed by atoms with Gasteiger partial charge in [-0.1, -0.05) is 12.8 Å². The maximum absolute atomic E-state index is 11.7. The maximum Gasteiger partial charge on any atom is 0.245 e. The second kappa shape index (κ2) is 6.88. The summed E-state index contributed by atoms with van der Waals surface area (Å²) in [5.74, 6) is -0.0466. The molecule has 1 saturated carbocycles. The van der Waals surface area contributed by atoms with E-state index in [9.17, 15) is 14.7 Å². The molecule has 0 atom stereocenters. The molecule has 2 rings (SSSR count). The third-order valence-corrected chi connectivity index (χ3v) is 3.44. The average Bonchev–Trinajstić information content (AvgIpc) is 2.92. The van der Waals surface area contributed by atoms with Crippen molar-refractivity contribution in [1.82, 2.24) is 10.3 Å². The fraction of sp³-hybridized carbons (Fsp3) is 0.500. The number of aromatic hydroxyl groups is 1. The van der Waals surface area contributed by atoms with Crippen LogP contribution in [0.2, 0.25) is 0 Å². The Labute approximate surface area is 117 Å². The quantitative estimate of drug-likeness (QED) is 0.759. The SMILES string of the molecule is O=C(CC1CCCC1)NCC(=O)Nc1ncccc1O. The summed E-state index contributed by atoms with van der Waals surface area (Å²) in [4.78, 5) is 27.1. The second-order valence-corrected chi connectivity index (χ2v) is 5.05. The minimum Gasteiger partial charge on any atom is -0.504 e. The molecule has 1 aliphatic carbocycles. The highest BCUT2D eigenvalue weighted by Gasteiger charge is 2.18. The van der Waals surface area contributed by atoms with Crippen molar-refractivity contribution >= 4 is 17.6 Å². The first-order chi connectivity index (χ1) is 9.65. The largest absolute Gasteiger partial charge is 0.504 e. The molecule has 0 radical (unpaired) electrons. The van der Waals surface area contributed by atoms with E-state index in [2.05, 4.69) is 15.6 Å². The second-order valence-electron chi connectivity index (χ2n) is 5.05. The van der Waals surface area contributed by atoms with Crippen LogP contribution in [0, 0.1) is 5.92 Å². The van der Waals surface area contributed by atoms with Crippen LogP contribution in [0.4, 0.5) is 5.82 Å². The third-order valence-electron chi connectivity index (χ3n) is 3.44. The third kappa shape index (κ3) is 4.22. The normalized spacial score (nSPS) is 15.0. The summed E-state index contributed by atoms with van der Waals surface area (Å²) in [6.07, 6.45) is 6.54. The van der Waals surface area contributed by atoms with Crippen LogP contribution < -0.4 is 10.6 Å². The zero-order valence-corrected chi connectivity index (χ0v) is 11.3. The molecule has 3 N–H and O–H groups in total. The van der Waals surface area contributed by atoms with Gasteiger partial charge in [-0.15, -0.1) is 0 Å². The van der Waals surface area contributed by atoms with E-state index in [-0.39, 0.29) is 24.0 Å². The summed E-state index contributed by atoms with van der Waals surface area (Å²) in [5, 5.41) is 14.5. The minimum atomic E-state index is -0.404. The molecule has 1 aromatic heterocycles. The Morgan fingerprint density at radius 3 is 2.75 bits per heavy atom. The van der Waals surface area contributed by atoms with Crippen molar-refractivity contribution in [1.29, 1.82) is 0 Å². The first-order valence-electron chi connectivity index (χ1n) is 6.85. The molecule has 0 saturated heterocycles. The molecule has 6 nitrogen and oxygen atoms in total. The van der Waals surface area contributed by atoms with Gasteiger partial charge in [0.05, 0.1) is 6.54 Å². The predicted molar refractivity (Wildman–Crippen MR) is 74.1 cm³/mol. The number of carbonyl (C=O) groups excluding carboxylic acids is 2. The Hall–Kier alpha value is -2.11. The Bertz CT molecular complexity index is 484. The first kappa shape index (κ1) is 14.3. The van der Waals surface area contributed by atoms with Gasteiger partial charge in [-0.2, -0.15) is 0 Å². The van der Waals surface area contributed by atoms with Crippen molar-refractivity contribution in [3.63, 3.8) is 0 Å². The Balaban J connectivity index is 1.72. The monoisotopic (exact) mass is 277 g/mol. The summed E-state index contributed by atoms with van der Waals surface area (Å²) in [6.45, 7) is -0.110. The number of rotatable bonds is 5. The molecular weight excluding hydrogens is 258 g/mol. The molecule has 0 unspecified atom stereocenters. The Morgan fingerprint density at radius 2 is 2.05 bits per heavy atom. The van der Waals surface area contributed by atoms with E-state index in [1.54, 1.807) is 6.07 Å². The highest BCUT2D eigenvalue weighted by Crippen LogP contribution is 2.27. The summed E-state index contributed by atoms with van der Waals surface area (Å²) in [6, 6.07) is 3.00. The van der Waals surface area contributed by atoms with Crippen molar-refractivity contribution in [3.8, 4) is 5.75 Å². The van der Waals surface area contributed by atoms with E-state index in [1.165, 1.54) is 25.1 Å². The summed E-state index contributed by atoms with van der Waals surface area (Å²) >= 11 is 0. The van der Waals surface area contributed by atoms with Crippen LogP contribution in [0.25, 0.3) is 0 Å².